The van der Waals surface area contributed by atoms with E-state index in [0.29, 0.717) is 12.3 Å². The first-order chi connectivity index (χ1) is 54.2. The van der Waals surface area contributed by atoms with E-state index in [2.05, 4.69) is 49.5 Å². The van der Waals surface area contributed by atoms with E-state index in [4.69, 9.17) is 57.4 Å². The number of hydrogen-bond donors (Lipinski definition) is 19. The summed E-state index contributed by atoms with van der Waals surface area (Å²) in [4.78, 5) is 118. The summed E-state index contributed by atoms with van der Waals surface area (Å²) in [5.41, 5.74) is 1.83. The number of fused-ring (bicyclic) bond motifs is 15. The molecule has 11 bridgehead atoms. The average molecular weight is 1670 g/mol. The number of aromatic hydroxyl groups is 3. The average Bonchev–Trinajstić information content (AvgIpc) is 0.770. The van der Waals surface area contributed by atoms with E-state index in [0.717, 1.165) is 85.3 Å². The van der Waals surface area contributed by atoms with Crippen LogP contribution in [0.4, 0.5) is 0 Å². The number of benzene rings is 5. The molecule has 0 spiro atoms. The number of nitrogens with two attached hydrogens (primary N) is 1. The van der Waals surface area contributed by atoms with Crippen LogP contribution in [0.1, 0.15) is 163 Å². The van der Waals surface area contributed by atoms with Crippen molar-refractivity contribution >= 4 is 92.1 Å². The van der Waals surface area contributed by atoms with Crippen LogP contribution in [0.25, 0.3) is 11.1 Å². The molecule has 33 nitrogen and oxygen atoms in total. The molecule has 620 valence electrons. The van der Waals surface area contributed by atoms with Crippen molar-refractivity contribution in [2.24, 2.45) is 11.7 Å². The molecule has 5 aromatic carbocycles. The van der Waals surface area contributed by atoms with Crippen LogP contribution in [0.5, 0.6) is 46.0 Å². The summed E-state index contributed by atoms with van der Waals surface area (Å²) < 4.78 is 38.8. The van der Waals surface area contributed by atoms with Gasteiger partial charge in [-0.15, -0.1) is 0 Å². The van der Waals surface area contributed by atoms with E-state index in [9.17, 15) is 75.0 Å². The van der Waals surface area contributed by atoms with Gasteiger partial charge in [-0.1, -0.05) is 129 Å². The normalized spacial score (nSPS) is 27.4. The highest BCUT2D eigenvalue weighted by molar-refractivity contribution is 8.76. The van der Waals surface area contributed by atoms with Crippen molar-refractivity contribution in [2.75, 3.05) is 25.1 Å². The summed E-state index contributed by atoms with van der Waals surface area (Å²) in [7, 11) is 4.91. The zero-order chi connectivity index (χ0) is 82.7. The Balaban J connectivity index is 1.14. The number of ether oxygens (including phenoxy) is 6. The minimum atomic E-state index is -2.35. The maximum Gasteiger partial charge on any atom is 0.330 e. The lowest BCUT2D eigenvalue weighted by molar-refractivity contribution is -0.358. The van der Waals surface area contributed by atoms with Gasteiger partial charge in [-0.05, 0) is 117 Å². The van der Waals surface area contributed by atoms with E-state index in [1.807, 2.05) is 13.8 Å². The lowest BCUT2D eigenvalue weighted by Gasteiger charge is -2.48. The van der Waals surface area contributed by atoms with E-state index in [1.165, 1.54) is 57.7 Å². The number of phenols is 3. The summed E-state index contributed by atoms with van der Waals surface area (Å²) in [6.45, 7) is 9.62. The number of likely N-dealkylation sites (N-methyl/N-ethyl adjacent to an activating group) is 1. The van der Waals surface area contributed by atoms with Crippen molar-refractivity contribution in [2.45, 2.75) is 215 Å². The Hall–Kier alpha value is -8.50. The fraction of sp³-hybridized carbons (Fsp3) is 0.506. The molecule has 7 aliphatic heterocycles. The fourth-order valence-corrected chi connectivity index (χ4v) is 16.7. The number of carbonyl (C=O) groups is 8. The Kier molecular flexibility index (Phi) is 30.0. The van der Waals surface area contributed by atoms with Crippen molar-refractivity contribution in [3.05, 3.63) is 117 Å². The Labute approximate surface area is 674 Å². The molecule has 7 amide bonds. The van der Waals surface area contributed by atoms with E-state index in [-0.39, 0.29) is 46.2 Å². The summed E-state index contributed by atoms with van der Waals surface area (Å²) in [6.07, 6.45) is -9.70. The highest BCUT2D eigenvalue weighted by Crippen LogP contribution is 2.50. The quantitative estimate of drug-likeness (QED) is 0.0249. The monoisotopic (exact) mass is 1670 g/mol. The number of hydrogen-bond acceptors (Lipinski definition) is 27. The number of rotatable bonds is 26. The van der Waals surface area contributed by atoms with Gasteiger partial charge in [0, 0.05) is 52.8 Å². The Bertz CT molecular complexity index is 4350. The van der Waals surface area contributed by atoms with Crippen LogP contribution in [0.15, 0.2) is 78.9 Å². The van der Waals surface area contributed by atoms with Crippen LogP contribution < -0.4 is 62.5 Å². The zero-order valence-electron chi connectivity index (χ0n) is 63.1. The Morgan fingerprint density at radius 2 is 1.28 bits per heavy atom. The molecule has 0 aliphatic carbocycles. The van der Waals surface area contributed by atoms with Gasteiger partial charge in [0.25, 0.3) is 0 Å². The summed E-state index contributed by atoms with van der Waals surface area (Å²) in [5.74, 6) is -14.4. The number of carboxylic acids is 1. The molecule has 18 atom stereocenters. The molecular weight excluding hydrogens is 1570 g/mol. The maximum atomic E-state index is 16.2. The summed E-state index contributed by atoms with van der Waals surface area (Å²) >= 11 is 14.2. The van der Waals surface area contributed by atoms with Gasteiger partial charge in [0.2, 0.25) is 53.4 Å². The fourth-order valence-electron chi connectivity index (χ4n) is 14.2. The summed E-state index contributed by atoms with van der Waals surface area (Å²) in [6, 6.07) is -0.563. The van der Waals surface area contributed by atoms with E-state index < -0.39 is 231 Å². The number of phenolic OH excluding ortho intramolecular Hbond substituents is 3. The SMILES string of the molecule is CCCCCCCCCCSSCCNC1(C)CC(OC2C(Oc3c4cc5cc3Oc3ccc(cc3Cl)[C@@H](O)[C@@H](NC(=O)[C@@H](CC(C)C)NC)C(=O)N[C@@H](CC(N)=O)C(=O)N[C@H]5C(=O)N[C@H]3C(=O)N[C@H](C(=O)N[C@H](C(=O)O)c5cc(O)cc(O)c5-c5cc3ccc5O)[C@H](O)c3ccc(c(Cl)c3)O4)OC(O)C(O)C2O)OC(C)C1O. The third kappa shape index (κ3) is 21.0. The van der Waals surface area contributed by atoms with Crippen molar-refractivity contribution in [3.8, 4) is 57.1 Å². The predicted octanol–water partition coefficient (Wildman–Crippen LogP) is 5.22. The second-order valence-electron chi connectivity index (χ2n) is 29.3. The number of aliphatic carboxylic acids is 1. The molecule has 20 N–H and O–H groups in total. The molecule has 0 radical (unpaired) electrons. The first kappa shape index (κ1) is 87.9. The molecule has 2 saturated heterocycles. The molecule has 0 aromatic heterocycles. The number of amides is 7. The number of carbonyl (C=O) groups excluding carboxylic acids is 7. The van der Waals surface area contributed by atoms with Crippen molar-refractivity contribution in [1.29, 1.82) is 0 Å². The number of unbranched alkanes of at least 4 members (excludes halogenated alkanes) is 7. The first-order valence-corrected chi connectivity index (χ1v) is 40.7. The lowest BCUT2D eigenvalue weighted by Crippen LogP contribution is -2.65. The topological polar surface area (TPSA) is 517 Å². The molecule has 7 heterocycles. The minimum absolute atomic E-state index is 0.0995. The van der Waals surface area contributed by atoms with Gasteiger partial charge in [-0.2, -0.15) is 0 Å². The Morgan fingerprint density at radius 3 is 1.90 bits per heavy atom. The third-order valence-corrected chi connectivity index (χ3v) is 23.4. The Morgan fingerprint density at radius 1 is 0.675 bits per heavy atom. The molecule has 0 saturated carbocycles. The largest absolute Gasteiger partial charge is 0.508 e. The van der Waals surface area contributed by atoms with Crippen LogP contribution in [-0.2, 0) is 52.6 Å². The van der Waals surface area contributed by atoms with Crippen molar-refractivity contribution in [3.63, 3.8) is 0 Å². The highest BCUT2D eigenvalue weighted by atomic mass is 35.5. The molecule has 7 aliphatic rings. The smallest absolute Gasteiger partial charge is 0.330 e. The number of halogens is 2. The molecule has 9 unspecified atom stereocenters. The number of carboxylic acid groups (broad SMARTS) is 1. The van der Waals surface area contributed by atoms with E-state index in [1.54, 1.807) is 35.4 Å². The third-order valence-electron chi connectivity index (χ3n) is 20.3. The lowest BCUT2D eigenvalue weighted by atomic mass is 9.85. The highest BCUT2D eigenvalue weighted by Gasteiger charge is 2.52. The number of aliphatic hydroxyl groups is 6. The second-order valence-corrected chi connectivity index (χ2v) is 32.9. The van der Waals surface area contributed by atoms with Gasteiger partial charge < -0.3 is 128 Å². The van der Waals surface area contributed by atoms with Gasteiger partial charge >= 0.3 is 5.97 Å². The molecule has 2 fully saturated rings. The van der Waals surface area contributed by atoms with Crippen LogP contribution in [0.3, 0.4) is 0 Å². The molecule has 12 rings (SSSR count). The van der Waals surface area contributed by atoms with Crippen molar-refractivity contribution in [1.82, 2.24) is 42.5 Å². The summed E-state index contributed by atoms with van der Waals surface area (Å²) in [5, 5.41) is 136. The van der Waals surface area contributed by atoms with E-state index >= 15 is 14.4 Å². The van der Waals surface area contributed by atoms with Crippen LogP contribution in [-0.4, -0.2) is 203 Å². The predicted molar refractivity (Wildman–Crippen MR) is 416 cm³/mol. The zero-order valence-corrected chi connectivity index (χ0v) is 66.3. The van der Waals surface area contributed by atoms with Crippen LogP contribution >= 0.6 is 44.8 Å². The molecule has 37 heteroatoms. The standard InChI is InChI=1S/C77H97Cl2N9O24S2/c1-7-8-9-10-11-12-13-14-22-113-114-23-21-82-77(5)33-54(107-35(4)67(77)97)110-66-63(95)64(96)75(106)112-76(66)111-65-51-28-39-29-52(65)109-50-20-17-38(27-44(50)79)62(94)60-73(103)86-58(74(104)105)42-30-40(89)31-48(91)55(42)41-25-36(15-18-47(41)90)56(70(100)88-60)85-71(101)57(39)84-69(99)46(32-53(80)92)83-72(102)59(87-68(98)45(81-6)24-34(2)3)61(93)37-16-19-49(108-51)43(78)26-37/h15-20,25-31,34-35,45-46,54,56-64,66-67,75-76,81-82,89-91,93-97,106H,7-14,21-24,32-33H2,1-6H3,(H2,80,92)(H,83,102)(H,84,99)(H,85,101)(H,86,103)(H,87,98)(H,88,100)(H,104,105)/t35?,45-,46+,54?,56-,57-,58+,59-,60+,61-,62-,63?,64?,66?,67?,75?,76?,77?/m1/s1. The second kappa shape index (κ2) is 39.0. The number of primary amides is 1. The van der Waals surface area contributed by atoms with Gasteiger partial charge in [-0.25, -0.2) is 4.79 Å². The molecular formula is C77H97Cl2N9O24S2. The first-order valence-electron chi connectivity index (χ1n) is 37.4. The van der Waals surface area contributed by atoms with Crippen LogP contribution in [0, 0.1) is 5.92 Å². The van der Waals surface area contributed by atoms with Crippen LogP contribution in [0.2, 0.25) is 10.0 Å². The van der Waals surface area contributed by atoms with Gasteiger partial charge in [0.15, 0.2) is 36.2 Å². The number of nitrogens with one attached hydrogen (secondary N) is 8. The minimum Gasteiger partial charge on any atom is -0.508 e. The van der Waals surface area contributed by atoms with Gasteiger partial charge in [-0.3, -0.25) is 33.6 Å². The van der Waals surface area contributed by atoms with Crippen molar-refractivity contribution < 1.29 is 118 Å². The molecule has 114 heavy (non-hydrogen) atoms. The number of aliphatic hydroxyl groups excluding tert-OH is 6. The van der Waals surface area contributed by atoms with Gasteiger partial charge in [0.05, 0.1) is 34.7 Å². The maximum absolute atomic E-state index is 16.2. The molecule has 5 aromatic rings. The van der Waals surface area contributed by atoms with Gasteiger partial charge in [0.1, 0.15) is 83.4 Å².